The lowest BCUT2D eigenvalue weighted by molar-refractivity contribution is -0.118. The van der Waals surface area contributed by atoms with E-state index in [0.29, 0.717) is 5.56 Å². The van der Waals surface area contributed by atoms with Gasteiger partial charge in [0.05, 0.1) is 18.5 Å². The van der Waals surface area contributed by atoms with Crippen LogP contribution in [0.3, 0.4) is 0 Å². The Balaban J connectivity index is 2.31. The summed E-state index contributed by atoms with van der Waals surface area (Å²) >= 11 is 0.951. The Morgan fingerprint density at radius 1 is 1.14 bits per heavy atom. The summed E-state index contributed by atoms with van der Waals surface area (Å²) in [6.45, 7) is 3.12. The lowest BCUT2D eigenvalue weighted by Crippen LogP contribution is -2.41. The van der Waals surface area contributed by atoms with Crippen molar-refractivity contribution in [2.75, 3.05) is 6.61 Å². The first-order valence-corrected chi connectivity index (χ1v) is 9.42. The smallest absolute Gasteiger partial charge is 0.348 e. The van der Waals surface area contributed by atoms with Gasteiger partial charge in [0.15, 0.2) is 0 Å². The second-order valence-corrected chi connectivity index (χ2v) is 7.17. The number of aryl methyl sites for hydroxylation is 1. The summed E-state index contributed by atoms with van der Waals surface area (Å²) in [5, 5.41) is 0.213. The number of amides is 1. The average molecular weight is 401 g/mol. The molecule has 0 fully saturated rings. The minimum Gasteiger partial charge on any atom is -0.462 e. The number of aromatic nitrogens is 2. The molecule has 1 aromatic carbocycles. The summed E-state index contributed by atoms with van der Waals surface area (Å²) in [6, 6.07) is 9.01. The highest BCUT2D eigenvalue weighted by Gasteiger charge is 2.24. The summed E-state index contributed by atoms with van der Waals surface area (Å²) in [5.74, 6) is -1.30. The van der Waals surface area contributed by atoms with Gasteiger partial charge in [0.1, 0.15) is 16.3 Å². The topological polar surface area (TPSA) is 113 Å². The monoisotopic (exact) mass is 401 g/mol. The molecule has 8 nitrogen and oxygen atoms in total. The number of carbonyl (C=O) groups is 2. The molecule has 3 rings (SSSR count). The maximum Gasteiger partial charge on any atom is 0.348 e. The minimum atomic E-state index is -0.725. The fourth-order valence-electron chi connectivity index (χ4n) is 2.99. The highest BCUT2D eigenvalue weighted by atomic mass is 32.1. The van der Waals surface area contributed by atoms with Crippen LogP contribution in [0.4, 0.5) is 0 Å². The summed E-state index contributed by atoms with van der Waals surface area (Å²) in [7, 11) is 0. The fraction of sp³-hybridized carbons (Fsp3) is 0.263. The first-order valence-electron chi connectivity index (χ1n) is 8.61. The molecule has 3 aromatic rings. The Bertz CT molecular complexity index is 1170. The molecule has 9 heteroatoms. The number of nitrogens with zero attached hydrogens (tertiary/aromatic N) is 2. The summed E-state index contributed by atoms with van der Waals surface area (Å²) in [6.07, 6.45) is 0. The molecule has 2 N–H and O–H groups in total. The molecular formula is C19H19N3O5S. The number of primary amides is 1. The van der Waals surface area contributed by atoms with Crippen LogP contribution in [0.5, 0.6) is 0 Å². The fourth-order valence-corrected chi connectivity index (χ4v) is 4.17. The largest absolute Gasteiger partial charge is 0.462 e. The average Bonchev–Trinajstić information content (AvgIpc) is 3.00. The van der Waals surface area contributed by atoms with Gasteiger partial charge in [-0.15, -0.1) is 11.3 Å². The van der Waals surface area contributed by atoms with Crippen molar-refractivity contribution in [2.45, 2.75) is 26.9 Å². The van der Waals surface area contributed by atoms with Gasteiger partial charge in [0.25, 0.3) is 5.56 Å². The third kappa shape index (κ3) is 3.48. The quantitative estimate of drug-likeness (QED) is 0.625. The third-order valence-corrected chi connectivity index (χ3v) is 5.55. The second-order valence-electron chi connectivity index (χ2n) is 6.17. The molecule has 2 heterocycles. The van der Waals surface area contributed by atoms with Crippen molar-refractivity contribution in [1.29, 1.82) is 0 Å². The lowest BCUT2D eigenvalue weighted by atomic mass is 10.2. The van der Waals surface area contributed by atoms with E-state index in [2.05, 4.69) is 0 Å². The first kappa shape index (κ1) is 19.6. The zero-order chi connectivity index (χ0) is 20.4. The maximum absolute atomic E-state index is 13.1. The molecule has 0 radical (unpaired) electrons. The molecule has 0 saturated carbocycles. The minimum absolute atomic E-state index is 0.0389. The van der Waals surface area contributed by atoms with Gasteiger partial charge < -0.3 is 10.5 Å². The van der Waals surface area contributed by atoms with Crippen LogP contribution in [0.2, 0.25) is 0 Å². The van der Waals surface area contributed by atoms with Gasteiger partial charge in [-0.3, -0.25) is 18.7 Å². The highest BCUT2D eigenvalue weighted by molar-refractivity contribution is 7.20. The van der Waals surface area contributed by atoms with E-state index in [4.69, 9.17) is 10.5 Å². The number of hydrogen-bond acceptors (Lipinski definition) is 6. The van der Waals surface area contributed by atoms with Gasteiger partial charge in [-0.1, -0.05) is 30.3 Å². The van der Waals surface area contributed by atoms with E-state index in [1.807, 2.05) is 6.07 Å². The highest BCUT2D eigenvalue weighted by Crippen LogP contribution is 2.28. The van der Waals surface area contributed by atoms with Gasteiger partial charge in [-0.05, 0) is 25.0 Å². The predicted molar refractivity (Wildman–Crippen MR) is 106 cm³/mol. The Hall–Kier alpha value is -3.20. The van der Waals surface area contributed by atoms with Crippen LogP contribution in [-0.4, -0.2) is 27.6 Å². The van der Waals surface area contributed by atoms with E-state index in [9.17, 15) is 19.2 Å². The van der Waals surface area contributed by atoms with Crippen molar-refractivity contribution in [3.05, 3.63) is 67.2 Å². The number of nitrogens with two attached hydrogens (primary N) is 1. The van der Waals surface area contributed by atoms with Crippen molar-refractivity contribution >= 4 is 33.4 Å². The van der Waals surface area contributed by atoms with Gasteiger partial charge in [-0.25, -0.2) is 9.59 Å². The van der Waals surface area contributed by atoms with Crippen LogP contribution in [-0.2, 0) is 22.6 Å². The Labute approximate surface area is 163 Å². The summed E-state index contributed by atoms with van der Waals surface area (Å²) in [5.41, 5.74) is 5.30. The SMILES string of the molecule is CCOC(=O)c1sc2c(c1C)c(=O)n(Cc1ccccc1)c(=O)n2CC(N)=O. The number of esters is 1. The maximum atomic E-state index is 13.1. The number of carbonyl (C=O) groups excluding carboxylic acids is 2. The number of fused-ring (bicyclic) bond motifs is 1. The van der Waals surface area contributed by atoms with Crippen LogP contribution >= 0.6 is 11.3 Å². The molecule has 146 valence electrons. The third-order valence-electron chi connectivity index (χ3n) is 4.25. The molecule has 0 bridgehead atoms. The number of hydrogen-bond donors (Lipinski definition) is 1. The molecular weight excluding hydrogens is 382 g/mol. The van der Waals surface area contributed by atoms with Crippen LogP contribution in [0.25, 0.3) is 10.2 Å². The molecule has 0 aliphatic heterocycles. The molecule has 0 spiro atoms. The van der Waals surface area contributed by atoms with Crippen LogP contribution in [0, 0.1) is 6.92 Å². The second kappa shape index (κ2) is 7.81. The zero-order valence-electron chi connectivity index (χ0n) is 15.4. The van der Waals surface area contributed by atoms with Crippen LogP contribution in [0.1, 0.15) is 27.7 Å². The Kier molecular flexibility index (Phi) is 5.46. The predicted octanol–water partition coefficient (Wildman–Crippen LogP) is 1.24. The summed E-state index contributed by atoms with van der Waals surface area (Å²) < 4.78 is 7.23. The van der Waals surface area contributed by atoms with E-state index in [-0.39, 0.29) is 28.2 Å². The van der Waals surface area contributed by atoms with Gasteiger partial charge in [0, 0.05) is 0 Å². The first-order chi connectivity index (χ1) is 13.3. The number of thiophene rings is 1. The number of ether oxygens (including phenoxy) is 1. The summed E-state index contributed by atoms with van der Waals surface area (Å²) in [4.78, 5) is 50.3. The molecule has 0 unspecified atom stereocenters. The molecule has 1 amide bonds. The van der Waals surface area contributed by atoms with Crippen molar-refractivity contribution in [3.8, 4) is 0 Å². The Morgan fingerprint density at radius 2 is 1.82 bits per heavy atom. The van der Waals surface area contributed by atoms with E-state index in [0.717, 1.165) is 26.0 Å². The molecule has 2 aromatic heterocycles. The van der Waals surface area contributed by atoms with Gasteiger partial charge in [0.2, 0.25) is 5.91 Å². The van der Waals surface area contributed by atoms with E-state index >= 15 is 0 Å². The van der Waals surface area contributed by atoms with Crippen LogP contribution < -0.4 is 17.0 Å². The normalized spacial score (nSPS) is 10.9. The van der Waals surface area contributed by atoms with Crippen molar-refractivity contribution in [2.24, 2.45) is 5.73 Å². The van der Waals surface area contributed by atoms with Gasteiger partial charge in [-0.2, -0.15) is 0 Å². The molecule has 0 atom stereocenters. The van der Waals surface area contributed by atoms with E-state index < -0.39 is 29.7 Å². The van der Waals surface area contributed by atoms with E-state index in [1.165, 1.54) is 0 Å². The Morgan fingerprint density at radius 3 is 2.43 bits per heavy atom. The van der Waals surface area contributed by atoms with Crippen molar-refractivity contribution in [3.63, 3.8) is 0 Å². The standard InChI is InChI=1S/C19H19N3O5S/c1-3-27-18(25)15-11(2)14-16(24)21(9-12-7-5-4-6-8-12)19(26)22(10-13(20)23)17(14)28-15/h4-8H,3,9-10H2,1-2H3,(H2,20,23). The van der Waals surface area contributed by atoms with Crippen molar-refractivity contribution in [1.82, 2.24) is 9.13 Å². The number of benzene rings is 1. The number of rotatable bonds is 6. The zero-order valence-corrected chi connectivity index (χ0v) is 16.2. The van der Waals surface area contributed by atoms with Crippen LogP contribution in [0.15, 0.2) is 39.9 Å². The van der Waals surface area contributed by atoms with Crippen molar-refractivity contribution < 1.29 is 14.3 Å². The molecule has 0 saturated heterocycles. The van der Waals surface area contributed by atoms with Gasteiger partial charge >= 0.3 is 11.7 Å². The molecule has 0 aliphatic rings. The molecule has 28 heavy (non-hydrogen) atoms. The molecule has 0 aliphatic carbocycles. The lowest BCUT2D eigenvalue weighted by Gasteiger charge is -2.11. The van der Waals surface area contributed by atoms with E-state index in [1.54, 1.807) is 38.1 Å².